The number of nitrogens with zero attached hydrogens (tertiary/aromatic N) is 1. The molecule has 0 radical (unpaired) electrons. The minimum absolute atomic E-state index is 0.507. The van der Waals surface area contributed by atoms with E-state index in [1.807, 2.05) is 0 Å². The largest absolute Gasteiger partial charge is 0.509 e. The first-order valence-corrected chi connectivity index (χ1v) is 6.43. The molecule has 2 nitrogen and oxygen atoms in total. The highest BCUT2D eigenvalue weighted by Crippen LogP contribution is 2.22. The maximum atomic E-state index is 8.37. The maximum absolute atomic E-state index is 8.37. The maximum Gasteiger partial charge on any atom is 0.129 e. The van der Waals surface area contributed by atoms with Crippen LogP contribution in [0.5, 0.6) is 0 Å². The van der Waals surface area contributed by atoms with Crippen molar-refractivity contribution < 1.29 is 5.11 Å². The SMILES string of the molecule is CC(C)(C)CCCCCCCCC[NH+]=[N-]. The van der Waals surface area contributed by atoms with Gasteiger partial charge in [0.05, 0.1) is 0 Å². The minimum Gasteiger partial charge on any atom is -0.509 e. The summed E-state index contributed by atoms with van der Waals surface area (Å²) in [4.78, 5) is 0. The molecule has 0 fully saturated rings. The molecule has 0 aromatic carbocycles. The van der Waals surface area contributed by atoms with E-state index in [1.165, 1.54) is 44.9 Å². The number of hydrogen-bond acceptors (Lipinski definition) is 0. The molecule has 0 rings (SSSR count). The fourth-order valence-corrected chi connectivity index (χ4v) is 1.74. The molecule has 0 aliphatic rings. The summed E-state index contributed by atoms with van der Waals surface area (Å²) in [6.45, 7) is 7.68. The second-order valence-corrected chi connectivity index (χ2v) is 5.69. The number of rotatable bonds is 9. The van der Waals surface area contributed by atoms with Gasteiger partial charge in [0, 0.05) is 6.42 Å². The lowest BCUT2D eigenvalue weighted by Gasteiger charge is -2.17. The van der Waals surface area contributed by atoms with Gasteiger partial charge in [-0.1, -0.05) is 52.9 Å². The lowest BCUT2D eigenvalue weighted by atomic mass is 9.89. The van der Waals surface area contributed by atoms with Crippen LogP contribution in [0.4, 0.5) is 0 Å². The molecule has 0 bridgehead atoms. The molecule has 0 aliphatic carbocycles. The molecule has 0 aromatic rings. The van der Waals surface area contributed by atoms with Crippen LogP contribution in [0.25, 0.3) is 5.53 Å². The summed E-state index contributed by atoms with van der Waals surface area (Å²) in [5, 5.41) is 2.20. The molecule has 0 spiro atoms. The van der Waals surface area contributed by atoms with Gasteiger partial charge in [-0.05, 0) is 18.3 Å². The highest BCUT2D eigenvalue weighted by atomic mass is 14.9. The van der Waals surface area contributed by atoms with Gasteiger partial charge in [-0.2, -0.15) is 0 Å². The third-order valence-corrected chi connectivity index (χ3v) is 2.72. The molecule has 1 N–H and O–H groups in total. The summed E-state index contributed by atoms with van der Waals surface area (Å²) in [7, 11) is 0. The molecule has 0 amide bonds. The number of nitrogens with one attached hydrogen (secondary N) is 1. The summed E-state index contributed by atoms with van der Waals surface area (Å²) in [6, 6.07) is 0. The molecule has 90 valence electrons. The summed E-state index contributed by atoms with van der Waals surface area (Å²) < 4.78 is 0. The zero-order valence-corrected chi connectivity index (χ0v) is 10.8. The minimum atomic E-state index is 0.507. The van der Waals surface area contributed by atoms with Crippen molar-refractivity contribution in [3.8, 4) is 0 Å². The smallest absolute Gasteiger partial charge is 0.129 e. The van der Waals surface area contributed by atoms with Crippen LogP contribution < -0.4 is 5.11 Å². The van der Waals surface area contributed by atoms with Crippen LogP contribution in [0.1, 0.15) is 72.1 Å². The quantitative estimate of drug-likeness (QED) is 0.450. The van der Waals surface area contributed by atoms with Gasteiger partial charge in [0.15, 0.2) is 0 Å². The van der Waals surface area contributed by atoms with Crippen molar-refractivity contribution in [2.75, 3.05) is 6.54 Å². The van der Waals surface area contributed by atoms with Gasteiger partial charge in [-0.15, -0.1) is 0 Å². The van der Waals surface area contributed by atoms with Gasteiger partial charge in [0.1, 0.15) is 6.54 Å². The third kappa shape index (κ3) is 13.6. The second-order valence-electron chi connectivity index (χ2n) is 5.69. The van der Waals surface area contributed by atoms with Crippen molar-refractivity contribution in [3.63, 3.8) is 0 Å². The van der Waals surface area contributed by atoms with Crippen LogP contribution >= 0.6 is 0 Å². The Morgan fingerprint density at radius 2 is 1.27 bits per heavy atom. The van der Waals surface area contributed by atoms with Crippen LogP contribution in [-0.2, 0) is 0 Å². The molecule has 0 saturated carbocycles. The average molecular weight is 212 g/mol. The molecule has 0 saturated heterocycles. The molecule has 0 heterocycles. The fourth-order valence-electron chi connectivity index (χ4n) is 1.74. The van der Waals surface area contributed by atoms with E-state index in [4.69, 9.17) is 5.53 Å². The van der Waals surface area contributed by atoms with E-state index in [1.54, 1.807) is 0 Å². The fraction of sp³-hybridized carbons (Fsp3) is 1.00. The van der Waals surface area contributed by atoms with Crippen molar-refractivity contribution in [1.29, 1.82) is 0 Å². The average Bonchev–Trinajstić information content (AvgIpc) is 2.14. The first kappa shape index (κ1) is 14.6. The normalized spacial score (nSPS) is 11.7. The highest BCUT2D eigenvalue weighted by molar-refractivity contribution is 4.60. The van der Waals surface area contributed by atoms with Crippen LogP contribution in [0.2, 0.25) is 0 Å². The Bertz CT molecular complexity index is 147. The first-order valence-electron chi connectivity index (χ1n) is 6.43. The Labute approximate surface area is 95.4 Å². The van der Waals surface area contributed by atoms with Gasteiger partial charge >= 0.3 is 0 Å². The Morgan fingerprint density at radius 1 is 0.800 bits per heavy atom. The lowest BCUT2D eigenvalue weighted by molar-refractivity contribution is -0.481. The predicted octanol–water partition coefficient (Wildman–Crippen LogP) is 3.26. The van der Waals surface area contributed by atoms with Crippen molar-refractivity contribution in [2.45, 2.75) is 72.1 Å². The molecule has 2 heteroatoms. The molecule has 0 atom stereocenters. The van der Waals surface area contributed by atoms with Crippen molar-refractivity contribution in [3.05, 3.63) is 5.53 Å². The van der Waals surface area contributed by atoms with Crippen molar-refractivity contribution in [1.82, 2.24) is 0 Å². The molecule has 0 aliphatic heterocycles. The Balaban J connectivity index is 3.02. The van der Waals surface area contributed by atoms with Crippen LogP contribution in [0.3, 0.4) is 0 Å². The Hall–Kier alpha value is -0.400. The van der Waals surface area contributed by atoms with Crippen LogP contribution in [-0.4, -0.2) is 6.54 Å². The van der Waals surface area contributed by atoms with E-state index >= 15 is 0 Å². The van der Waals surface area contributed by atoms with Gasteiger partial charge < -0.3 is 10.6 Å². The zero-order valence-electron chi connectivity index (χ0n) is 10.8. The van der Waals surface area contributed by atoms with E-state index in [2.05, 4.69) is 25.9 Å². The van der Waals surface area contributed by atoms with Crippen molar-refractivity contribution in [2.24, 2.45) is 5.41 Å². The van der Waals surface area contributed by atoms with Gasteiger partial charge in [0.25, 0.3) is 0 Å². The van der Waals surface area contributed by atoms with Crippen LogP contribution in [0, 0.1) is 5.41 Å². The Morgan fingerprint density at radius 3 is 1.73 bits per heavy atom. The third-order valence-electron chi connectivity index (χ3n) is 2.72. The lowest BCUT2D eigenvalue weighted by Crippen LogP contribution is -2.62. The predicted molar refractivity (Wildman–Crippen MR) is 65.6 cm³/mol. The molecule has 0 unspecified atom stereocenters. The summed E-state index contributed by atoms with van der Waals surface area (Å²) in [5.41, 5.74) is 8.87. The number of hydrogen-bond donors (Lipinski definition) is 1. The molecular weight excluding hydrogens is 184 g/mol. The Kier molecular flexibility index (Phi) is 8.64. The van der Waals surface area contributed by atoms with E-state index in [-0.39, 0.29) is 0 Å². The van der Waals surface area contributed by atoms with Gasteiger partial charge in [-0.25, -0.2) is 0 Å². The van der Waals surface area contributed by atoms with E-state index in [0.717, 1.165) is 13.0 Å². The van der Waals surface area contributed by atoms with Crippen molar-refractivity contribution >= 4 is 0 Å². The van der Waals surface area contributed by atoms with Crippen LogP contribution in [0.15, 0.2) is 0 Å². The second kappa shape index (κ2) is 8.87. The van der Waals surface area contributed by atoms with E-state index < -0.39 is 0 Å². The molecule has 0 aromatic heterocycles. The number of unbranched alkanes of at least 4 members (excludes halogenated alkanes) is 6. The monoisotopic (exact) mass is 212 g/mol. The topological polar surface area (TPSA) is 36.3 Å². The van der Waals surface area contributed by atoms with E-state index in [9.17, 15) is 0 Å². The highest BCUT2D eigenvalue weighted by Gasteiger charge is 2.08. The van der Waals surface area contributed by atoms with E-state index in [0.29, 0.717) is 5.41 Å². The van der Waals surface area contributed by atoms with Gasteiger partial charge in [0.2, 0.25) is 0 Å². The summed E-state index contributed by atoms with van der Waals surface area (Å²) in [6.07, 6.45) is 10.5. The summed E-state index contributed by atoms with van der Waals surface area (Å²) in [5.74, 6) is 0. The molecular formula is C13H28N2. The first-order chi connectivity index (χ1) is 7.06. The van der Waals surface area contributed by atoms with Gasteiger partial charge in [-0.3, -0.25) is 0 Å². The summed E-state index contributed by atoms with van der Waals surface area (Å²) >= 11 is 0. The molecule has 15 heavy (non-hydrogen) atoms. The zero-order chi connectivity index (χ0) is 11.6. The standard InChI is InChI=1S/C13H28N2/c1-13(2,3)11-9-7-5-4-6-8-10-12-15-14/h15H,4-12H2,1-3H3.